The SMILES string of the molecule is CC(=Cc1cccnc1)C(CC[P+](c1ccccc1)(c1ccccc1)c1ccccc1)O[Si](c1ccccc1)(c1ccccc1)C(C)(C)C.[I-]. The summed E-state index contributed by atoms with van der Waals surface area (Å²) in [5.74, 6) is 0. The average molecular weight is 804 g/mol. The van der Waals surface area contributed by atoms with E-state index in [-0.39, 0.29) is 35.1 Å². The van der Waals surface area contributed by atoms with Crippen molar-refractivity contribution < 1.29 is 28.4 Å². The smallest absolute Gasteiger partial charge is 0.261 e. The molecule has 1 unspecified atom stereocenters. The second kappa shape index (κ2) is 17.0. The first-order valence-corrected chi connectivity index (χ1v) is 21.1. The topological polar surface area (TPSA) is 22.1 Å². The van der Waals surface area contributed by atoms with Gasteiger partial charge in [0.05, 0.1) is 12.3 Å². The first-order valence-electron chi connectivity index (χ1n) is 17.3. The average Bonchev–Trinajstić information content (AvgIpc) is 3.15. The van der Waals surface area contributed by atoms with Gasteiger partial charge >= 0.3 is 0 Å². The van der Waals surface area contributed by atoms with Crippen LogP contribution in [0.25, 0.3) is 6.08 Å². The van der Waals surface area contributed by atoms with Crippen LogP contribution in [-0.4, -0.2) is 25.6 Å². The quantitative estimate of drug-likeness (QED) is 0.0886. The summed E-state index contributed by atoms with van der Waals surface area (Å²) in [6.07, 6.45) is 7.75. The maximum absolute atomic E-state index is 7.98. The van der Waals surface area contributed by atoms with Crippen molar-refractivity contribution in [2.45, 2.75) is 45.3 Å². The van der Waals surface area contributed by atoms with Crippen molar-refractivity contribution >= 4 is 47.9 Å². The monoisotopic (exact) mass is 803 g/mol. The van der Waals surface area contributed by atoms with Gasteiger partial charge in [-0.3, -0.25) is 4.98 Å². The van der Waals surface area contributed by atoms with Gasteiger partial charge in [-0.15, -0.1) is 0 Å². The minimum atomic E-state index is -2.87. The molecule has 1 aromatic heterocycles. The minimum Gasteiger partial charge on any atom is -1.00 e. The van der Waals surface area contributed by atoms with E-state index in [1.54, 1.807) is 0 Å². The molecule has 0 fully saturated rings. The van der Waals surface area contributed by atoms with Gasteiger partial charge in [0, 0.05) is 18.8 Å². The van der Waals surface area contributed by atoms with E-state index in [0.29, 0.717) is 0 Å². The maximum atomic E-state index is 7.98. The van der Waals surface area contributed by atoms with Gasteiger partial charge in [0.1, 0.15) is 23.2 Å². The number of benzene rings is 5. The van der Waals surface area contributed by atoms with Crippen molar-refractivity contribution in [2.24, 2.45) is 0 Å². The summed E-state index contributed by atoms with van der Waals surface area (Å²) in [4.78, 5) is 4.44. The molecule has 1 heterocycles. The van der Waals surface area contributed by atoms with Gasteiger partial charge in [-0.25, -0.2) is 0 Å². The van der Waals surface area contributed by atoms with E-state index in [0.717, 1.165) is 18.1 Å². The van der Waals surface area contributed by atoms with Gasteiger partial charge in [-0.1, -0.05) is 148 Å². The van der Waals surface area contributed by atoms with Crippen molar-refractivity contribution in [3.8, 4) is 0 Å². The molecule has 0 N–H and O–H groups in total. The van der Waals surface area contributed by atoms with Crippen LogP contribution in [-0.2, 0) is 4.43 Å². The van der Waals surface area contributed by atoms with Crippen LogP contribution >= 0.6 is 7.26 Å². The second-order valence-corrected chi connectivity index (χ2v) is 21.6. The zero-order valence-electron chi connectivity index (χ0n) is 29.5. The summed E-state index contributed by atoms with van der Waals surface area (Å²) in [7, 11) is -4.95. The zero-order valence-corrected chi connectivity index (χ0v) is 33.5. The van der Waals surface area contributed by atoms with Crippen molar-refractivity contribution in [1.82, 2.24) is 4.98 Å². The van der Waals surface area contributed by atoms with Crippen molar-refractivity contribution in [2.75, 3.05) is 6.16 Å². The van der Waals surface area contributed by atoms with Crippen LogP contribution in [0.15, 0.2) is 182 Å². The lowest BCUT2D eigenvalue weighted by Gasteiger charge is -2.45. The molecule has 0 bridgehead atoms. The van der Waals surface area contributed by atoms with Gasteiger partial charge in [0.15, 0.2) is 0 Å². The van der Waals surface area contributed by atoms with Crippen LogP contribution in [0.5, 0.6) is 0 Å². The van der Waals surface area contributed by atoms with Crippen molar-refractivity contribution in [1.29, 1.82) is 0 Å². The summed E-state index contributed by atoms with van der Waals surface area (Å²) in [6, 6.07) is 59.8. The van der Waals surface area contributed by atoms with E-state index >= 15 is 0 Å². The molecule has 1 atom stereocenters. The predicted octanol–water partition coefficient (Wildman–Crippen LogP) is 5.82. The summed E-state index contributed by atoms with van der Waals surface area (Å²) >= 11 is 0. The molecule has 0 saturated heterocycles. The normalized spacial score (nSPS) is 12.9. The van der Waals surface area contributed by atoms with Gasteiger partial charge in [-0.05, 0) is 75.9 Å². The van der Waals surface area contributed by atoms with Crippen LogP contribution in [0.2, 0.25) is 5.04 Å². The number of rotatable bonds is 12. The Labute approximate surface area is 318 Å². The van der Waals surface area contributed by atoms with Crippen LogP contribution in [0, 0.1) is 0 Å². The summed E-state index contributed by atoms with van der Waals surface area (Å²) in [5, 5.41) is 6.63. The molecule has 0 saturated carbocycles. The fourth-order valence-electron chi connectivity index (χ4n) is 7.29. The van der Waals surface area contributed by atoms with E-state index in [1.165, 1.54) is 31.9 Å². The highest BCUT2D eigenvalue weighted by atomic mass is 127. The van der Waals surface area contributed by atoms with Crippen LogP contribution in [0.4, 0.5) is 0 Å². The Kier molecular flexibility index (Phi) is 12.8. The molecular formula is C45H47INOPSi. The largest absolute Gasteiger partial charge is 1.00 e. The zero-order chi connectivity index (χ0) is 34.2. The molecule has 50 heavy (non-hydrogen) atoms. The molecular weight excluding hydrogens is 756 g/mol. The molecule has 254 valence electrons. The molecule has 0 aliphatic carbocycles. The van der Waals surface area contributed by atoms with E-state index in [9.17, 15) is 0 Å². The number of aromatic nitrogens is 1. The Morgan fingerprint density at radius 1 is 0.640 bits per heavy atom. The predicted molar refractivity (Wildman–Crippen MR) is 215 cm³/mol. The summed E-state index contributed by atoms with van der Waals surface area (Å²) in [5.41, 5.74) is 2.31. The first-order chi connectivity index (χ1) is 23.8. The molecule has 0 aliphatic heterocycles. The molecule has 2 nitrogen and oxygen atoms in total. The number of nitrogens with zero attached hydrogens (tertiary/aromatic N) is 1. The number of hydrogen-bond donors (Lipinski definition) is 0. The summed E-state index contributed by atoms with van der Waals surface area (Å²) < 4.78 is 7.98. The molecule has 6 aromatic rings. The third-order valence-electron chi connectivity index (χ3n) is 9.64. The maximum Gasteiger partial charge on any atom is 0.261 e. The van der Waals surface area contributed by atoms with E-state index in [4.69, 9.17) is 4.43 Å². The Bertz CT molecular complexity index is 1780. The lowest BCUT2D eigenvalue weighted by molar-refractivity contribution is -0.0000106. The van der Waals surface area contributed by atoms with Crippen molar-refractivity contribution in [3.63, 3.8) is 0 Å². The van der Waals surface area contributed by atoms with E-state index in [2.05, 4.69) is 196 Å². The molecule has 0 aliphatic rings. The highest BCUT2D eigenvalue weighted by molar-refractivity contribution is 7.95. The van der Waals surface area contributed by atoms with Gasteiger partial charge in [0.25, 0.3) is 8.32 Å². The highest BCUT2D eigenvalue weighted by Crippen LogP contribution is 2.56. The molecule has 0 amide bonds. The third kappa shape index (κ3) is 7.95. The number of halogens is 1. The van der Waals surface area contributed by atoms with Gasteiger partial charge in [-0.2, -0.15) is 0 Å². The lowest BCUT2D eigenvalue weighted by atomic mass is 10.1. The Balaban J connectivity index is 0.00000486. The standard InChI is InChI=1S/C45H47NOPSi.HI/c1-37(35-38-21-20-33-46-36-38)44(47-49(45(2,3)4,42-28-16-8-17-29-42)43-30-18-9-19-31-43)32-34-48(39-22-10-5-11-23-39,40-24-12-6-13-25-40)41-26-14-7-15-27-41;/h5-31,33,35-36,44H,32,34H2,1-4H3;1H/q+1;/p-1. The van der Waals surface area contributed by atoms with Crippen LogP contribution < -0.4 is 50.3 Å². The Morgan fingerprint density at radius 2 is 1.06 bits per heavy atom. The number of hydrogen-bond acceptors (Lipinski definition) is 2. The lowest BCUT2D eigenvalue weighted by Crippen LogP contribution is -3.00. The first kappa shape index (κ1) is 37.6. The van der Waals surface area contributed by atoms with Gasteiger partial charge < -0.3 is 28.4 Å². The van der Waals surface area contributed by atoms with Crippen LogP contribution in [0.1, 0.15) is 39.7 Å². The Hall–Kier alpha value is -3.67. The minimum absolute atomic E-state index is 0. The Morgan fingerprint density at radius 3 is 1.44 bits per heavy atom. The van der Waals surface area contributed by atoms with Crippen molar-refractivity contribution in [3.05, 3.63) is 187 Å². The second-order valence-electron chi connectivity index (χ2n) is 13.8. The molecule has 6 rings (SSSR count). The fourth-order valence-corrected chi connectivity index (χ4v) is 16.4. The summed E-state index contributed by atoms with van der Waals surface area (Å²) in [6.45, 7) is 9.35. The molecule has 0 spiro atoms. The van der Waals surface area contributed by atoms with Gasteiger partial charge in [0.2, 0.25) is 0 Å². The number of pyridine rings is 1. The fraction of sp³-hybridized carbons (Fsp3) is 0.178. The molecule has 5 heteroatoms. The molecule has 0 radical (unpaired) electrons. The van der Waals surface area contributed by atoms with E-state index in [1.807, 2.05) is 18.5 Å². The molecule has 5 aromatic carbocycles. The van der Waals surface area contributed by atoms with Crippen LogP contribution in [0.3, 0.4) is 0 Å². The van der Waals surface area contributed by atoms with E-state index < -0.39 is 15.6 Å². The highest BCUT2D eigenvalue weighted by Gasteiger charge is 2.52. The third-order valence-corrected chi connectivity index (χ3v) is 19.2.